The lowest BCUT2D eigenvalue weighted by Crippen LogP contribution is -2.25. The first-order valence-corrected chi connectivity index (χ1v) is 11.2. The number of nitrogens with zero attached hydrogens (tertiary/aromatic N) is 4. The number of carboxylic acid groups (broad SMARTS) is 1. The van der Waals surface area contributed by atoms with Crippen molar-refractivity contribution in [3.05, 3.63) is 67.3 Å². The molecule has 0 amide bonds. The van der Waals surface area contributed by atoms with Crippen LogP contribution in [-0.2, 0) is 17.1 Å². The monoisotopic (exact) mass is 461 g/mol. The fourth-order valence-corrected chi connectivity index (χ4v) is 4.81. The summed E-state index contributed by atoms with van der Waals surface area (Å²) in [6.07, 6.45) is 1.61. The van der Waals surface area contributed by atoms with E-state index in [9.17, 15) is 19.5 Å². The highest BCUT2D eigenvalue weighted by molar-refractivity contribution is 7.98. The van der Waals surface area contributed by atoms with Crippen molar-refractivity contribution in [1.29, 1.82) is 0 Å². The van der Waals surface area contributed by atoms with E-state index in [1.807, 2.05) is 0 Å². The Hall–Kier alpha value is -2.69. The van der Waals surface area contributed by atoms with Gasteiger partial charge < -0.3 is 9.90 Å². The SMILES string of the molecule is O=C([O-])CCCn1c(SCc2cc(=O)n3cc(Cl)ccc3n2)nc2ccsc2c1=O. The smallest absolute Gasteiger partial charge is 0.272 e. The Morgan fingerprint density at radius 1 is 1.23 bits per heavy atom. The van der Waals surface area contributed by atoms with Gasteiger partial charge in [0.1, 0.15) is 10.3 Å². The van der Waals surface area contributed by atoms with Crippen LogP contribution in [0.4, 0.5) is 0 Å². The molecule has 0 aliphatic rings. The van der Waals surface area contributed by atoms with Crippen LogP contribution in [0.1, 0.15) is 18.5 Å². The van der Waals surface area contributed by atoms with Crippen LogP contribution >= 0.6 is 34.7 Å². The van der Waals surface area contributed by atoms with Gasteiger partial charge in [0.25, 0.3) is 11.1 Å². The van der Waals surface area contributed by atoms with Crippen molar-refractivity contribution >= 4 is 56.5 Å². The van der Waals surface area contributed by atoms with Crippen molar-refractivity contribution in [3.63, 3.8) is 0 Å². The van der Waals surface area contributed by atoms with E-state index in [0.717, 1.165) is 0 Å². The number of carbonyl (C=O) groups excluding carboxylic acids is 1. The summed E-state index contributed by atoms with van der Waals surface area (Å²) < 4.78 is 3.36. The van der Waals surface area contributed by atoms with Crippen LogP contribution in [0.3, 0.4) is 0 Å². The van der Waals surface area contributed by atoms with Crippen LogP contribution in [0.5, 0.6) is 0 Å². The quantitative estimate of drug-likeness (QED) is 0.305. The van der Waals surface area contributed by atoms with Gasteiger partial charge in [0.2, 0.25) is 0 Å². The zero-order valence-electron chi connectivity index (χ0n) is 15.4. The number of halogens is 1. The molecule has 8 nitrogen and oxygen atoms in total. The third-order valence-electron chi connectivity index (χ3n) is 4.32. The molecule has 154 valence electrons. The van der Waals surface area contributed by atoms with Gasteiger partial charge in [-0.25, -0.2) is 9.97 Å². The highest BCUT2D eigenvalue weighted by Crippen LogP contribution is 2.24. The lowest BCUT2D eigenvalue weighted by Gasteiger charge is -2.12. The molecule has 0 unspecified atom stereocenters. The van der Waals surface area contributed by atoms with Crippen LogP contribution in [0.15, 0.2) is 50.6 Å². The van der Waals surface area contributed by atoms with Gasteiger partial charge in [-0.1, -0.05) is 23.4 Å². The summed E-state index contributed by atoms with van der Waals surface area (Å²) in [7, 11) is 0. The van der Waals surface area contributed by atoms with Crippen molar-refractivity contribution in [2.45, 2.75) is 30.3 Å². The van der Waals surface area contributed by atoms with Gasteiger partial charge >= 0.3 is 0 Å². The zero-order valence-corrected chi connectivity index (χ0v) is 17.8. The molecule has 4 heterocycles. The Kier molecular flexibility index (Phi) is 5.89. The fraction of sp³-hybridized carbons (Fsp3) is 0.211. The van der Waals surface area contributed by atoms with Crippen LogP contribution in [0, 0.1) is 0 Å². The first-order chi connectivity index (χ1) is 14.4. The van der Waals surface area contributed by atoms with E-state index in [1.165, 1.54) is 44.3 Å². The lowest BCUT2D eigenvalue weighted by molar-refractivity contribution is -0.305. The number of thiophene rings is 1. The predicted octanol–water partition coefficient (Wildman–Crippen LogP) is 1.94. The van der Waals surface area contributed by atoms with Crippen molar-refractivity contribution in [2.24, 2.45) is 0 Å². The predicted molar refractivity (Wildman–Crippen MR) is 114 cm³/mol. The van der Waals surface area contributed by atoms with Crippen molar-refractivity contribution in [3.8, 4) is 0 Å². The number of hydrogen-bond donors (Lipinski definition) is 0. The molecule has 11 heteroatoms. The topological polar surface area (TPSA) is 109 Å². The van der Waals surface area contributed by atoms with Crippen LogP contribution < -0.4 is 16.2 Å². The van der Waals surface area contributed by atoms with Crippen molar-refractivity contribution in [2.75, 3.05) is 0 Å². The van der Waals surface area contributed by atoms with E-state index in [-0.39, 0.29) is 30.5 Å². The third-order valence-corrected chi connectivity index (χ3v) is 6.44. The van der Waals surface area contributed by atoms with Gasteiger partial charge in [-0.05, 0) is 36.4 Å². The third kappa shape index (κ3) is 4.25. The number of hydrogen-bond acceptors (Lipinski definition) is 8. The maximum atomic E-state index is 12.8. The Bertz CT molecular complexity index is 1380. The Labute approximate surface area is 182 Å². The van der Waals surface area contributed by atoms with Gasteiger partial charge in [-0.3, -0.25) is 18.6 Å². The molecule has 0 saturated carbocycles. The lowest BCUT2D eigenvalue weighted by atomic mass is 10.3. The highest BCUT2D eigenvalue weighted by atomic mass is 35.5. The largest absolute Gasteiger partial charge is 0.550 e. The summed E-state index contributed by atoms with van der Waals surface area (Å²) in [5.41, 5.74) is 1.12. The molecule has 0 atom stereocenters. The molecule has 0 aliphatic carbocycles. The minimum absolute atomic E-state index is 0.148. The number of aliphatic carboxylic acids is 1. The van der Waals surface area contributed by atoms with Crippen LogP contribution in [-0.4, -0.2) is 24.9 Å². The van der Waals surface area contributed by atoms with E-state index >= 15 is 0 Å². The summed E-state index contributed by atoms with van der Waals surface area (Å²) in [5.74, 6) is -0.847. The number of aromatic nitrogens is 4. The number of carboxylic acids is 1. The summed E-state index contributed by atoms with van der Waals surface area (Å²) in [5, 5.41) is 13.4. The molecule has 0 bridgehead atoms. The van der Waals surface area contributed by atoms with Crippen molar-refractivity contribution in [1.82, 2.24) is 18.9 Å². The second-order valence-electron chi connectivity index (χ2n) is 6.41. The normalized spacial score (nSPS) is 11.4. The first-order valence-electron chi connectivity index (χ1n) is 8.91. The van der Waals surface area contributed by atoms with Gasteiger partial charge in [-0.2, -0.15) is 0 Å². The molecule has 0 aliphatic heterocycles. The minimum atomic E-state index is -1.16. The summed E-state index contributed by atoms with van der Waals surface area (Å²) in [4.78, 5) is 44.9. The van der Waals surface area contributed by atoms with Gasteiger partial charge in [-0.15, -0.1) is 11.3 Å². The number of rotatable bonds is 7. The molecule has 0 N–H and O–H groups in total. The zero-order chi connectivity index (χ0) is 21.3. The second kappa shape index (κ2) is 8.58. The van der Waals surface area contributed by atoms with E-state index < -0.39 is 5.97 Å². The summed E-state index contributed by atoms with van der Waals surface area (Å²) in [6, 6.07) is 6.49. The Morgan fingerprint density at radius 3 is 2.87 bits per heavy atom. The second-order valence-corrected chi connectivity index (χ2v) is 8.71. The average molecular weight is 462 g/mol. The average Bonchev–Trinajstić information content (AvgIpc) is 3.17. The van der Waals surface area contributed by atoms with E-state index in [1.54, 1.807) is 23.6 Å². The number of pyridine rings is 1. The maximum Gasteiger partial charge on any atom is 0.272 e. The van der Waals surface area contributed by atoms with Gasteiger partial charge in [0.05, 0.1) is 16.2 Å². The number of carbonyl (C=O) groups is 1. The molecule has 0 aromatic carbocycles. The molecule has 0 saturated heterocycles. The molecule has 4 aromatic rings. The van der Waals surface area contributed by atoms with E-state index in [0.29, 0.717) is 37.5 Å². The van der Waals surface area contributed by atoms with Crippen LogP contribution in [0.25, 0.3) is 15.9 Å². The minimum Gasteiger partial charge on any atom is -0.550 e. The first kappa shape index (κ1) is 20.6. The van der Waals surface area contributed by atoms with E-state index in [2.05, 4.69) is 9.97 Å². The van der Waals surface area contributed by atoms with Crippen molar-refractivity contribution < 1.29 is 9.90 Å². The van der Waals surface area contributed by atoms with Crippen LogP contribution in [0.2, 0.25) is 5.02 Å². The molecule has 0 fully saturated rings. The molecule has 4 aromatic heterocycles. The molecule has 4 rings (SSSR count). The molecule has 0 spiro atoms. The summed E-state index contributed by atoms with van der Waals surface area (Å²) >= 11 is 8.49. The summed E-state index contributed by atoms with van der Waals surface area (Å²) in [6.45, 7) is 0.211. The molecule has 30 heavy (non-hydrogen) atoms. The number of thioether (sulfide) groups is 1. The fourth-order valence-electron chi connectivity index (χ4n) is 2.95. The van der Waals surface area contributed by atoms with Gasteiger partial charge in [0.15, 0.2) is 5.16 Å². The number of fused-ring (bicyclic) bond motifs is 2. The molecular formula is C19H14ClN4O4S2-. The molecular weight excluding hydrogens is 448 g/mol. The van der Waals surface area contributed by atoms with E-state index in [4.69, 9.17) is 11.6 Å². The highest BCUT2D eigenvalue weighted by Gasteiger charge is 2.14. The standard InChI is InChI=1S/C19H15ClN4O4S2/c20-11-3-4-14-21-12(8-15(25)24(14)9-11)10-30-19-22-13-5-7-29-17(13)18(28)23(19)6-1-2-16(26)27/h3-5,7-9H,1-2,6,10H2,(H,26,27)/p-1. The molecule has 0 radical (unpaired) electrons. The maximum absolute atomic E-state index is 12.8. The Morgan fingerprint density at radius 2 is 2.07 bits per heavy atom. The van der Waals surface area contributed by atoms with Gasteiger partial charge in [0, 0.05) is 30.5 Å². The Balaban J connectivity index is 1.65.